The average Bonchev–Trinajstić information content (AvgIpc) is 3.03. The molecule has 0 spiro atoms. The Morgan fingerprint density at radius 3 is 2.77 bits per heavy atom. The van der Waals surface area contributed by atoms with E-state index < -0.39 is 0 Å². The number of fused-ring (bicyclic) bond motifs is 1. The van der Waals surface area contributed by atoms with Crippen molar-refractivity contribution in [2.45, 2.75) is 33.2 Å². The highest BCUT2D eigenvalue weighted by atomic mass is 35.5. The Morgan fingerprint density at radius 1 is 1.32 bits per heavy atom. The number of hydrogen-bond acceptors (Lipinski definition) is 3. The third kappa shape index (κ3) is 3.48. The van der Waals surface area contributed by atoms with Gasteiger partial charge in [0, 0.05) is 37.0 Å². The van der Waals surface area contributed by atoms with Crippen molar-refractivity contribution in [3.8, 4) is 0 Å². The van der Waals surface area contributed by atoms with Crippen LogP contribution >= 0.6 is 12.4 Å². The maximum absolute atomic E-state index is 6.01. The van der Waals surface area contributed by atoms with Crippen LogP contribution in [0.4, 0.5) is 0 Å². The van der Waals surface area contributed by atoms with Gasteiger partial charge in [0.15, 0.2) is 0 Å². The van der Waals surface area contributed by atoms with Gasteiger partial charge in [0.1, 0.15) is 11.3 Å². The number of hydrogen-bond donors (Lipinski definition) is 1. The minimum atomic E-state index is 0. The molecule has 0 bridgehead atoms. The summed E-state index contributed by atoms with van der Waals surface area (Å²) in [7, 11) is 2.23. The summed E-state index contributed by atoms with van der Waals surface area (Å²) in [6.07, 6.45) is 2.22. The number of nitrogens with zero attached hydrogens (tertiary/aromatic N) is 1. The minimum Gasteiger partial charge on any atom is -0.461 e. The summed E-state index contributed by atoms with van der Waals surface area (Å²) in [5.74, 6) is 1.14. The molecule has 0 aliphatic carbocycles. The van der Waals surface area contributed by atoms with Gasteiger partial charge in [0.05, 0.1) is 0 Å². The monoisotopic (exact) mass is 322 g/mol. The standard InChI is InChI=1S/C18H26N2O.ClH/c1-4-16-15(14-7-5-6-8-17(14)21-16)11-20(3)13-18(2)9-10-19-12-18;/h5-8,19H,4,9-13H2,1-3H3;1H. The van der Waals surface area contributed by atoms with Crippen molar-refractivity contribution >= 4 is 23.4 Å². The maximum Gasteiger partial charge on any atom is 0.134 e. The molecule has 0 radical (unpaired) electrons. The predicted molar refractivity (Wildman–Crippen MR) is 94.8 cm³/mol. The second-order valence-corrected chi connectivity index (χ2v) is 6.76. The molecule has 1 atom stereocenters. The van der Waals surface area contributed by atoms with Gasteiger partial charge in [-0.3, -0.25) is 0 Å². The molecule has 1 aromatic carbocycles. The maximum atomic E-state index is 6.01. The quantitative estimate of drug-likeness (QED) is 0.906. The van der Waals surface area contributed by atoms with Gasteiger partial charge in [-0.05, 0) is 31.5 Å². The molecule has 1 N–H and O–H groups in total. The van der Waals surface area contributed by atoms with Gasteiger partial charge in [-0.1, -0.05) is 32.0 Å². The lowest BCUT2D eigenvalue weighted by Crippen LogP contribution is -2.34. The smallest absolute Gasteiger partial charge is 0.134 e. The fourth-order valence-corrected chi connectivity index (χ4v) is 3.59. The number of benzene rings is 1. The second-order valence-electron chi connectivity index (χ2n) is 6.76. The van der Waals surface area contributed by atoms with Crippen LogP contribution in [-0.2, 0) is 13.0 Å². The fraction of sp³-hybridized carbons (Fsp3) is 0.556. The summed E-state index contributed by atoms with van der Waals surface area (Å²) >= 11 is 0. The van der Waals surface area contributed by atoms with Gasteiger partial charge in [0.2, 0.25) is 0 Å². The van der Waals surface area contributed by atoms with Crippen LogP contribution < -0.4 is 5.32 Å². The second kappa shape index (κ2) is 7.03. The van der Waals surface area contributed by atoms with Crippen LogP contribution in [0.15, 0.2) is 28.7 Å². The topological polar surface area (TPSA) is 28.4 Å². The summed E-state index contributed by atoms with van der Waals surface area (Å²) in [4.78, 5) is 2.45. The van der Waals surface area contributed by atoms with E-state index in [4.69, 9.17) is 4.42 Å². The lowest BCUT2D eigenvalue weighted by atomic mass is 9.89. The highest BCUT2D eigenvalue weighted by molar-refractivity contribution is 5.85. The Morgan fingerprint density at radius 2 is 2.09 bits per heavy atom. The van der Waals surface area contributed by atoms with Gasteiger partial charge >= 0.3 is 0 Å². The third-order valence-corrected chi connectivity index (χ3v) is 4.64. The molecule has 1 fully saturated rings. The zero-order chi connectivity index (χ0) is 14.9. The molecule has 0 saturated carbocycles. The molecular formula is C18H27ClN2O. The lowest BCUT2D eigenvalue weighted by Gasteiger charge is -2.29. The van der Waals surface area contributed by atoms with Crippen LogP contribution in [0.2, 0.25) is 0 Å². The number of aryl methyl sites for hydroxylation is 1. The highest BCUT2D eigenvalue weighted by Crippen LogP contribution is 2.30. The Hall–Kier alpha value is -1.03. The lowest BCUT2D eigenvalue weighted by molar-refractivity contribution is 0.203. The van der Waals surface area contributed by atoms with E-state index >= 15 is 0 Å². The van der Waals surface area contributed by atoms with E-state index in [2.05, 4.69) is 49.3 Å². The molecule has 2 aromatic rings. The minimum absolute atomic E-state index is 0. The first-order valence-corrected chi connectivity index (χ1v) is 8.00. The van der Waals surface area contributed by atoms with Crippen LogP contribution in [0.1, 0.15) is 31.6 Å². The Labute approximate surface area is 139 Å². The van der Waals surface area contributed by atoms with E-state index in [9.17, 15) is 0 Å². The van der Waals surface area contributed by atoms with Crippen molar-refractivity contribution in [1.82, 2.24) is 10.2 Å². The average molecular weight is 323 g/mol. The van der Waals surface area contributed by atoms with Gasteiger partial charge in [-0.25, -0.2) is 0 Å². The van der Waals surface area contributed by atoms with E-state index in [0.717, 1.165) is 43.9 Å². The Bertz CT molecular complexity index is 617. The molecule has 1 aromatic heterocycles. The molecule has 1 aliphatic heterocycles. The van der Waals surface area contributed by atoms with Crippen molar-refractivity contribution < 1.29 is 4.42 Å². The summed E-state index contributed by atoms with van der Waals surface area (Å²) in [5.41, 5.74) is 2.79. The van der Waals surface area contributed by atoms with Gasteiger partial charge in [0.25, 0.3) is 0 Å². The molecule has 1 unspecified atom stereocenters. The molecule has 3 rings (SSSR count). The summed E-state index contributed by atoms with van der Waals surface area (Å²) in [6, 6.07) is 8.40. The molecule has 122 valence electrons. The van der Waals surface area contributed by atoms with Gasteiger partial charge < -0.3 is 14.6 Å². The Balaban J connectivity index is 0.00000176. The summed E-state index contributed by atoms with van der Waals surface area (Å²) in [6.45, 7) is 8.93. The summed E-state index contributed by atoms with van der Waals surface area (Å²) in [5, 5.41) is 4.76. The van der Waals surface area contributed by atoms with E-state index in [-0.39, 0.29) is 12.4 Å². The highest BCUT2D eigenvalue weighted by Gasteiger charge is 2.30. The van der Waals surface area contributed by atoms with E-state index in [1.54, 1.807) is 0 Å². The third-order valence-electron chi connectivity index (χ3n) is 4.64. The van der Waals surface area contributed by atoms with Crippen LogP contribution in [0.5, 0.6) is 0 Å². The van der Waals surface area contributed by atoms with E-state index in [0.29, 0.717) is 5.41 Å². The largest absolute Gasteiger partial charge is 0.461 e. The van der Waals surface area contributed by atoms with Crippen molar-refractivity contribution in [1.29, 1.82) is 0 Å². The van der Waals surface area contributed by atoms with Crippen molar-refractivity contribution in [3.63, 3.8) is 0 Å². The molecule has 1 saturated heterocycles. The number of rotatable bonds is 5. The SMILES string of the molecule is CCc1oc2ccccc2c1CN(C)CC1(C)CCNC1.Cl. The van der Waals surface area contributed by atoms with Gasteiger partial charge in [-0.2, -0.15) is 0 Å². The van der Waals surface area contributed by atoms with Crippen LogP contribution in [0.25, 0.3) is 11.0 Å². The zero-order valence-corrected chi connectivity index (χ0v) is 14.6. The number of halogens is 1. The van der Waals surface area contributed by atoms with Crippen molar-refractivity contribution in [2.24, 2.45) is 5.41 Å². The molecule has 0 amide bonds. The molecule has 1 aliphatic rings. The predicted octanol–water partition coefficient (Wildman–Crippen LogP) is 3.85. The summed E-state index contributed by atoms with van der Waals surface area (Å²) < 4.78 is 6.01. The van der Waals surface area contributed by atoms with E-state index in [1.807, 2.05) is 6.07 Å². The van der Waals surface area contributed by atoms with Crippen LogP contribution in [0.3, 0.4) is 0 Å². The first-order valence-electron chi connectivity index (χ1n) is 8.00. The van der Waals surface area contributed by atoms with E-state index in [1.165, 1.54) is 17.4 Å². The van der Waals surface area contributed by atoms with Crippen LogP contribution in [-0.4, -0.2) is 31.6 Å². The fourth-order valence-electron chi connectivity index (χ4n) is 3.59. The molecular weight excluding hydrogens is 296 g/mol. The van der Waals surface area contributed by atoms with Gasteiger partial charge in [-0.15, -0.1) is 12.4 Å². The number of nitrogens with one attached hydrogen (secondary N) is 1. The zero-order valence-electron chi connectivity index (χ0n) is 13.8. The first kappa shape index (κ1) is 17.3. The molecule has 2 heterocycles. The van der Waals surface area contributed by atoms with Crippen LogP contribution in [0, 0.1) is 5.41 Å². The molecule has 4 heteroatoms. The first-order chi connectivity index (χ1) is 10.1. The van der Waals surface area contributed by atoms with Crippen molar-refractivity contribution in [3.05, 3.63) is 35.6 Å². The Kier molecular flexibility index (Phi) is 5.54. The van der Waals surface area contributed by atoms with Crippen molar-refractivity contribution in [2.75, 3.05) is 26.7 Å². The number of para-hydroxylation sites is 1. The normalized spacial score (nSPS) is 21.5. The number of furan rings is 1. The molecule has 22 heavy (non-hydrogen) atoms. The molecule has 3 nitrogen and oxygen atoms in total.